The predicted octanol–water partition coefficient (Wildman–Crippen LogP) is 2.07. The van der Waals surface area contributed by atoms with Crippen LogP contribution in [-0.4, -0.2) is 35.0 Å². The largest absolute Gasteiger partial charge is 0.480 e. The molecule has 6 nitrogen and oxygen atoms in total. The lowest BCUT2D eigenvalue weighted by molar-refractivity contribution is -0.142. The van der Waals surface area contributed by atoms with E-state index in [4.69, 9.17) is 16.7 Å². The second-order valence-electron chi connectivity index (χ2n) is 5.48. The molecule has 0 heterocycles. The summed E-state index contributed by atoms with van der Waals surface area (Å²) in [4.78, 5) is 35.6. The molecule has 2 unspecified atom stereocenters. The van der Waals surface area contributed by atoms with E-state index in [1.165, 1.54) is 0 Å². The zero-order valence-electron chi connectivity index (χ0n) is 13.3. The van der Waals surface area contributed by atoms with Crippen LogP contribution in [0.1, 0.15) is 37.6 Å². The zero-order chi connectivity index (χ0) is 17.6. The first-order valence-corrected chi connectivity index (χ1v) is 7.74. The van der Waals surface area contributed by atoms with Gasteiger partial charge in [0.15, 0.2) is 0 Å². The van der Waals surface area contributed by atoms with E-state index in [0.717, 1.165) is 0 Å². The molecule has 0 radical (unpaired) electrons. The number of hydrogen-bond acceptors (Lipinski definition) is 3. The predicted molar refractivity (Wildman–Crippen MR) is 87.4 cm³/mol. The number of amides is 2. The molecule has 0 saturated carbocycles. The molecule has 0 aliphatic heterocycles. The third-order valence-electron chi connectivity index (χ3n) is 3.38. The summed E-state index contributed by atoms with van der Waals surface area (Å²) < 4.78 is 0. The van der Waals surface area contributed by atoms with Gasteiger partial charge >= 0.3 is 5.97 Å². The Morgan fingerprint density at radius 3 is 2.26 bits per heavy atom. The summed E-state index contributed by atoms with van der Waals surface area (Å²) in [5.74, 6) is -2.34. The highest BCUT2D eigenvalue weighted by Gasteiger charge is 2.28. The van der Waals surface area contributed by atoms with Crippen molar-refractivity contribution in [3.05, 3.63) is 34.9 Å². The van der Waals surface area contributed by atoms with E-state index >= 15 is 0 Å². The highest BCUT2D eigenvalue weighted by molar-refractivity contribution is 6.33. The van der Waals surface area contributed by atoms with E-state index in [0.29, 0.717) is 0 Å². The molecule has 0 aliphatic rings. The normalized spacial score (nSPS) is 13.3. The Labute approximate surface area is 140 Å². The van der Waals surface area contributed by atoms with Crippen LogP contribution in [0.2, 0.25) is 5.02 Å². The quantitative estimate of drug-likeness (QED) is 0.708. The van der Waals surface area contributed by atoms with E-state index in [1.807, 2.05) is 0 Å². The summed E-state index contributed by atoms with van der Waals surface area (Å²) in [6.45, 7) is 5.18. The van der Waals surface area contributed by atoms with Gasteiger partial charge in [-0.2, -0.15) is 0 Å². The third kappa shape index (κ3) is 5.25. The van der Waals surface area contributed by atoms with Crippen molar-refractivity contribution in [2.75, 3.05) is 0 Å². The van der Waals surface area contributed by atoms with Gasteiger partial charge in [-0.05, 0) is 24.5 Å². The van der Waals surface area contributed by atoms with Crippen LogP contribution in [0.25, 0.3) is 0 Å². The van der Waals surface area contributed by atoms with Gasteiger partial charge in [0.1, 0.15) is 12.1 Å². The van der Waals surface area contributed by atoms with Gasteiger partial charge in [-0.25, -0.2) is 4.79 Å². The molecule has 23 heavy (non-hydrogen) atoms. The summed E-state index contributed by atoms with van der Waals surface area (Å²) in [5.41, 5.74) is 0.262. The Balaban J connectivity index is 2.87. The van der Waals surface area contributed by atoms with E-state index in [-0.39, 0.29) is 22.9 Å². The fourth-order valence-corrected chi connectivity index (χ4v) is 2.22. The number of aliphatic carboxylic acids is 1. The van der Waals surface area contributed by atoms with E-state index in [9.17, 15) is 14.4 Å². The van der Waals surface area contributed by atoms with E-state index in [2.05, 4.69) is 10.6 Å². The van der Waals surface area contributed by atoms with Gasteiger partial charge in [0.2, 0.25) is 5.91 Å². The molecular weight excluding hydrogens is 320 g/mol. The summed E-state index contributed by atoms with van der Waals surface area (Å²) in [6, 6.07) is 4.67. The van der Waals surface area contributed by atoms with Crippen LogP contribution in [0.4, 0.5) is 0 Å². The van der Waals surface area contributed by atoms with Crippen molar-refractivity contribution in [2.24, 2.45) is 5.92 Å². The van der Waals surface area contributed by atoms with E-state index in [1.54, 1.807) is 45.0 Å². The fourth-order valence-electron chi connectivity index (χ4n) is 2.00. The molecule has 1 aromatic carbocycles. The van der Waals surface area contributed by atoms with Gasteiger partial charge < -0.3 is 15.7 Å². The SMILES string of the molecule is CCC(NC(=O)C(NC(=O)c1ccccc1Cl)C(C)C)C(=O)O. The van der Waals surface area contributed by atoms with Crippen LogP contribution in [0, 0.1) is 5.92 Å². The molecule has 1 aromatic rings. The minimum absolute atomic E-state index is 0.215. The van der Waals surface area contributed by atoms with Crippen molar-refractivity contribution in [1.82, 2.24) is 10.6 Å². The van der Waals surface area contributed by atoms with Gasteiger partial charge in [0, 0.05) is 0 Å². The lowest BCUT2D eigenvalue weighted by Crippen LogP contribution is -2.53. The highest BCUT2D eigenvalue weighted by Crippen LogP contribution is 2.15. The van der Waals surface area contributed by atoms with Crippen molar-refractivity contribution in [2.45, 2.75) is 39.3 Å². The van der Waals surface area contributed by atoms with Gasteiger partial charge in [0.25, 0.3) is 5.91 Å². The number of carbonyl (C=O) groups is 3. The number of carboxylic acids is 1. The lowest BCUT2D eigenvalue weighted by Gasteiger charge is -2.23. The fraction of sp³-hybridized carbons (Fsp3) is 0.438. The van der Waals surface area contributed by atoms with Crippen LogP contribution in [0.5, 0.6) is 0 Å². The minimum atomic E-state index is -1.11. The molecule has 7 heteroatoms. The van der Waals surface area contributed by atoms with Crippen molar-refractivity contribution < 1.29 is 19.5 Å². The maximum absolute atomic E-state index is 12.3. The Hall–Kier alpha value is -2.08. The molecule has 0 aromatic heterocycles. The first-order valence-electron chi connectivity index (χ1n) is 7.36. The Morgan fingerprint density at radius 2 is 1.78 bits per heavy atom. The van der Waals surface area contributed by atoms with Gasteiger partial charge in [-0.15, -0.1) is 0 Å². The van der Waals surface area contributed by atoms with Crippen LogP contribution < -0.4 is 10.6 Å². The molecule has 0 saturated heterocycles. The maximum Gasteiger partial charge on any atom is 0.326 e. The molecular formula is C16H21ClN2O4. The summed E-state index contributed by atoms with van der Waals surface area (Å²) in [7, 11) is 0. The van der Waals surface area contributed by atoms with Crippen LogP contribution in [0.15, 0.2) is 24.3 Å². The zero-order valence-corrected chi connectivity index (χ0v) is 14.1. The summed E-state index contributed by atoms with van der Waals surface area (Å²) >= 11 is 5.97. The number of hydrogen-bond donors (Lipinski definition) is 3. The van der Waals surface area contributed by atoms with E-state index < -0.39 is 29.9 Å². The molecule has 0 aliphatic carbocycles. The number of benzene rings is 1. The molecule has 2 atom stereocenters. The minimum Gasteiger partial charge on any atom is -0.480 e. The number of carbonyl (C=O) groups excluding carboxylic acids is 2. The molecule has 2 amide bonds. The standard InChI is InChI=1S/C16H21ClN2O4/c1-4-12(16(22)23)18-15(21)13(9(2)3)19-14(20)10-7-5-6-8-11(10)17/h5-9,12-13H,4H2,1-3H3,(H,18,21)(H,19,20)(H,22,23). The second-order valence-corrected chi connectivity index (χ2v) is 5.89. The molecule has 126 valence electrons. The van der Waals surface area contributed by atoms with Gasteiger partial charge in [-0.3, -0.25) is 9.59 Å². The Morgan fingerprint density at radius 1 is 1.17 bits per heavy atom. The lowest BCUT2D eigenvalue weighted by atomic mass is 10.0. The number of nitrogens with one attached hydrogen (secondary N) is 2. The van der Waals surface area contributed by atoms with Crippen molar-refractivity contribution in [3.8, 4) is 0 Å². The average molecular weight is 341 g/mol. The number of halogens is 1. The first-order chi connectivity index (χ1) is 10.8. The maximum atomic E-state index is 12.3. The van der Waals surface area contributed by atoms with Crippen LogP contribution in [0.3, 0.4) is 0 Å². The number of rotatable bonds is 7. The van der Waals surface area contributed by atoms with Crippen molar-refractivity contribution in [3.63, 3.8) is 0 Å². The summed E-state index contributed by atoms with van der Waals surface area (Å²) in [5, 5.41) is 14.3. The van der Waals surface area contributed by atoms with Gasteiger partial charge in [-0.1, -0.05) is 44.5 Å². The second kappa shape index (κ2) is 8.53. The van der Waals surface area contributed by atoms with Crippen LogP contribution >= 0.6 is 11.6 Å². The molecule has 1 rings (SSSR count). The van der Waals surface area contributed by atoms with Gasteiger partial charge in [0.05, 0.1) is 10.6 Å². The Kier molecular flexibility index (Phi) is 7.03. The first kappa shape index (κ1) is 19.0. The highest BCUT2D eigenvalue weighted by atomic mass is 35.5. The molecule has 0 bridgehead atoms. The smallest absolute Gasteiger partial charge is 0.326 e. The molecule has 0 spiro atoms. The molecule has 0 fully saturated rings. The van der Waals surface area contributed by atoms with Crippen molar-refractivity contribution >= 4 is 29.4 Å². The third-order valence-corrected chi connectivity index (χ3v) is 3.71. The Bertz CT molecular complexity index is 589. The van der Waals surface area contributed by atoms with Crippen molar-refractivity contribution in [1.29, 1.82) is 0 Å². The van der Waals surface area contributed by atoms with Crippen LogP contribution in [-0.2, 0) is 9.59 Å². The summed E-state index contributed by atoms with van der Waals surface area (Å²) in [6.07, 6.45) is 0.254. The monoisotopic (exact) mass is 340 g/mol. The number of carboxylic acid groups (broad SMARTS) is 1. The topological polar surface area (TPSA) is 95.5 Å². The average Bonchev–Trinajstić information content (AvgIpc) is 2.49. The molecule has 3 N–H and O–H groups in total.